The minimum Gasteiger partial charge on any atom is -0.462 e. The molecule has 0 atom stereocenters. The van der Waals surface area contributed by atoms with Gasteiger partial charge in [0.15, 0.2) is 0 Å². The zero-order valence-electron chi connectivity index (χ0n) is 26.6. The quantitative estimate of drug-likeness (QED) is 0.0856. The van der Waals surface area contributed by atoms with E-state index in [4.69, 9.17) is 15.0 Å². The lowest BCUT2D eigenvalue weighted by Crippen LogP contribution is -2.13. The van der Waals surface area contributed by atoms with Gasteiger partial charge in [0.2, 0.25) is 0 Å². The topological polar surface area (TPSA) is 52.6 Å². The maximum Gasteiger partial charge on any atom is 0.305 e. The molecular formula is C30H58O4. The lowest BCUT2D eigenvalue weighted by atomic mass is 10.1. The number of carbonyl (C=O) groups is 2. The summed E-state index contributed by atoms with van der Waals surface area (Å²) in [6.07, 6.45) is 25.1. The van der Waals surface area contributed by atoms with Crippen molar-refractivity contribution in [1.29, 1.82) is 0 Å². The van der Waals surface area contributed by atoms with Crippen LogP contribution < -0.4 is 0 Å². The first kappa shape index (κ1) is 26.0. The van der Waals surface area contributed by atoms with Crippen LogP contribution in [0.3, 0.4) is 0 Å². The Morgan fingerprint density at radius 3 is 0.941 bits per heavy atom. The first-order valence-corrected chi connectivity index (χ1v) is 14.6. The summed E-state index contributed by atoms with van der Waals surface area (Å²) in [4.78, 5) is 24.1. The van der Waals surface area contributed by atoms with E-state index in [1.807, 2.05) is 0 Å². The van der Waals surface area contributed by atoms with E-state index in [1.54, 1.807) is 0 Å². The highest BCUT2D eigenvalue weighted by molar-refractivity contribution is 5.70. The molecule has 0 amide bonds. The van der Waals surface area contributed by atoms with Gasteiger partial charge in [0.25, 0.3) is 0 Å². The van der Waals surface area contributed by atoms with Gasteiger partial charge in [-0.25, -0.2) is 0 Å². The fraction of sp³-hybridized carbons (Fsp3) is 0.933. The zero-order chi connectivity index (χ0) is 28.5. The van der Waals surface area contributed by atoms with Gasteiger partial charge in [-0.3, -0.25) is 9.59 Å². The first-order valence-electron chi connectivity index (χ1n) is 16.6. The van der Waals surface area contributed by atoms with Crippen LogP contribution in [0.1, 0.15) is 173 Å². The number of ether oxygens (including phenoxy) is 2. The Kier molecular flexibility index (Phi) is 21.6. The molecule has 0 aromatic heterocycles. The second-order valence-electron chi connectivity index (χ2n) is 9.72. The number of carbonyl (C=O) groups excluding carboxylic acids is 2. The molecule has 202 valence electrons. The average Bonchev–Trinajstić information content (AvgIpc) is 2.85. The highest BCUT2D eigenvalue weighted by Gasteiger charge is 2.05. The predicted octanol–water partition coefficient (Wildman–Crippen LogP) is 9.47. The molecule has 0 radical (unpaired) electrons. The fourth-order valence-corrected chi connectivity index (χ4v) is 4.12. The number of hydrogen-bond donors (Lipinski definition) is 0. The molecule has 0 fully saturated rings. The summed E-state index contributed by atoms with van der Waals surface area (Å²) in [5, 5.41) is 0. The van der Waals surface area contributed by atoms with E-state index in [0.717, 1.165) is 38.5 Å². The van der Waals surface area contributed by atoms with Crippen LogP contribution in [0.25, 0.3) is 0 Å². The van der Waals surface area contributed by atoms with E-state index in [2.05, 4.69) is 13.8 Å². The maximum absolute atomic E-state index is 12.1. The molecule has 0 aliphatic rings. The van der Waals surface area contributed by atoms with Crippen molar-refractivity contribution in [3.63, 3.8) is 0 Å². The SMILES string of the molecule is [2H]C([2H])(OC(=O)CCCCCCCCCCCCC)C([2H])([2H])OC(=O)CCCCCCCCCCCCC. The van der Waals surface area contributed by atoms with Crippen LogP contribution in [-0.4, -0.2) is 25.1 Å². The standard InChI is InChI=1S/C30H58O4/c1-3-5-7-9-11-13-15-17-19-21-23-25-29(31)33-27-28-34-30(32)26-24-22-20-18-16-14-12-10-8-6-4-2/h3-28H2,1-2H3/i27D2,28D2. The molecule has 0 aromatic carbocycles. The minimum absolute atomic E-state index is 0.0271. The molecule has 0 aromatic rings. The third-order valence-corrected chi connectivity index (χ3v) is 6.34. The van der Waals surface area contributed by atoms with Crippen molar-refractivity contribution >= 4 is 11.9 Å². The predicted molar refractivity (Wildman–Crippen MR) is 144 cm³/mol. The van der Waals surface area contributed by atoms with Crippen molar-refractivity contribution in [3.8, 4) is 0 Å². The molecule has 0 bridgehead atoms. The summed E-state index contributed by atoms with van der Waals surface area (Å²) in [5.74, 6) is -1.62. The Morgan fingerprint density at radius 1 is 0.441 bits per heavy atom. The van der Waals surface area contributed by atoms with Crippen LogP contribution >= 0.6 is 0 Å². The Balaban J connectivity index is 3.91. The van der Waals surface area contributed by atoms with Gasteiger partial charge in [0.05, 0.1) is 5.48 Å². The lowest BCUT2D eigenvalue weighted by molar-refractivity contribution is -0.152. The van der Waals surface area contributed by atoms with Gasteiger partial charge in [-0.15, -0.1) is 0 Å². The van der Waals surface area contributed by atoms with Gasteiger partial charge in [-0.1, -0.05) is 142 Å². The fourth-order valence-electron chi connectivity index (χ4n) is 4.12. The molecule has 0 unspecified atom stereocenters. The Labute approximate surface area is 217 Å². The molecule has 0 aliphatic carbocycles. The summed E-state index contributed by atoms with van der Waals surface area (Å²) < 4.78 is 40.8. The van der Waals surface area contributed by atoms with Crippen LogP contribution in [0.15, 0.2) is 0 Å². The van der Waals surface area contributed by atoms with Crippen LogP contribution in [0.2, 0.25) is 0 Å². The zero-order valence-corrected chi connectivity index (χ0v) is 22.6. The van der Waals surface area contributed by atoms with E-state index in [1.165, 1.54) is 89.9 Å². The highest BCUT2D eigenvalue weighted by atomic mass is 16.6. The molecule has 4 nitrogen and oxygen atoms in total. The summed E-state index contributed by atoms with van der Waals surface area (Å²) in [5.41, 5.74) is 0. The van der Waals surface area contributed by atoms with Gasteiger partial charge >= 0.3 is 11.9 Å². The smallest absolute Gasteiger partial charge is 0.305 e. The van der Waals surface area contributed by atoms with Crippen molar-refractivity contribution in [2.45, 2.75) is 168 Å². The lowest BCUT2D eigenvalue weighted by Gasteiger charge is -2.07. The van der Waals surface area contributed by atoms with Crippen molar-refractivity contribution < 1.29 is 24.5 Å². The summed E-state index contributed by atoms with van der Waals surface area (Å²) >= 11 is 0. The molecule has 0 saturated carbocycles. The molecule has 34 heavy (non-hydrogen) atoms. The maximum atomic E-state index is 12.1. The van der Waals surface area contributed by atoms with Crippen LogP contribution in [-0.2, 0) is 19.1 Å². The van der Waals surface area contributed by atoms with Gasteiger partial charge in [-0.05, 0) is 12.8 Å². The van der Waals surface area contributed by atoms with Crippen molar-refractivity contribution in [2.75, 3.05) is 13.1 Å². The van der Waals surface area contributed by atoms with E-state index in [-0.39, 0.29) is 12.8 Å². The normalized spacial score (nSPS) is 13.6. The number of hydrogen-bond acceptors (Lipinski definition) is 4. The Bertz CT molecular complexity index is 535. The van der Waals surface area contributed by atoms with E-state index in [9.17, 15) is 9.59 Å². The van der Waals surface area contributed by atoms with Crippen molar-refractivity contribution in [3.05, 3.63) is 0 Å². The summed E-state index contributed by atoms with van der Waals surface area (Å²) in [7, 11) is 0. The molecular weight excluding hydrogens is 424 g/mol. The Morgan fingerprint density at radius 2 is 0.676 bits per heavy atom. The first-order chi connectivity index (χ1) is 18.2. The second-order valence-corrected chi connectivity index (χ2v) is 9.72. The van der Waals surface area contributed by atoms with Gasteiger partial charge in [-0.2, -0.15) is 0 Å². The summed E-state index contributed by atoms with van der Waals surface area (Å²) in [6.45, 7) is -1.63. The minimum atomic E-state index is -3.03. The number of unbranched alkanes of at least 4 members (excludes halogenated alkanes) is 20. The monoisotopic (exact) mass is 486 g/mol. The summed E-state index contributed by atoms with van der Waals surface area (Å²) in [6, 6.07) is 0. The number of rotatable bonds is 27. The number of esters is 2. The average molecular weight is 487 g/mol. The second kappa shape index (κ2) is 28.2. The van der Waals surface area contributed by atoms with E-state index >= 15 is 0 Å². The molecule has 0 rings (SSSR count). The van der Waals surface area contributed by atoms with Gasteiger partial charge in [0, 0.05) is 12.8 Å². The van der Waals surface area contributed by atoms with Crippen LogP contribution in [0.5, 0.6) is 0 Å². The largest absolute Gasteiger partial charge is 0.462 e. The van der Waals surface area contributed by atoms with Crippen molar-refractivity contribution in [2.24, 2.45) is 0 Å². The van der Waals surface area contributed by atoms with Gasteiger partial charge < -0.3 is 9.47 Å². The van der Waals surface area contributed by atoms with Gasteiger partial charge in [0.1, 0.15) is 13.1 Å². The highest BCUT2D eigenvalue weighted by Crippen LogP contribution is 2.13. The third-order valence-electron chi connectivity index (χ3n) is 6.34. The van der Waals surface area contributed by atoms with Crippen LogP contribution in [0, 0.1) is 0 Å². The molecule has 0 saturated heterocycles. The Hall–Kier alpha value is -1.06. The third kappa shape index (κ3) is 27.2. The van der Waals surface area contributed by atoms with Crippen molar-refractivity contribution in [1.82, 2.24) is 0 Å². The molecule has 0 heterocycles. The molecule has 0 aliphatic heterocycles. The van der Waals surface area contributed by atoms with E-state index in [0.29, 0.717) is 12.8 Å². The van der Waals surface area contributed by atoms with E-state index < -0.39 is 25.1 Å². The molecule has 0 spiro atoms. The van der Waals surface area contributed by atoms with Crippen LogP contribution in [0.4, 0.5) is 0 Å². The molecule has 4 heteroatoms. The molecule has 0 N–H and O–H groups in total.